The minimum Gasteiger partial charge on any atom is -0.353 e. The van der Waals surface area contributed by atoms with Crippen LogP contribution in [0.2, 0.25) is 0 Å². The SMILES string of the molecule is N#Cc1cccc(CN2CCC(N3CCN(c4nccc5nc(C(F)(F)F)ccc45)CC3)CC2)c1. The lowest BCUT2D eigenvalue weighted by Crippen LogP contribution is -2.53. The van der Waals surface area contributed by atoms with Crippen molar-refractivity contribution in [1.29, 1.82) is 5.26 Å². The summed E-state index contributed by atoms with van der Waals surface area (Å²) < 4.78 is 39.1. The third-order valence-corrected chi connectivity index (χ3v) is 7.03. The van der Waals surface area contributed by atoms with Crippen molar-refractivity contribution in [2.24, 2.45) is 0 Å². The maximum absolute atomic E-state index is 13.0. The van der Waals surface area contributed by atoms with Crippen molar-refractivity contribution in [2.75, 3.05) is 44.2 Å². The van der Waals surface area contributed by atoms with Gasteiger partial charge < -0.3 is 4.90 Å². The van der Waals surface area contributed by atoms with Gasteiger partial charge in [-0.1, -0.05) is 12.1 Å². The zero-order valence-corrected chi connectivity index (χ0v) is 19.4. The first kappa shape index (κ1) is 23.5. The van der Waals surface area contributed by atoms with Crippen molar-refractivity contribution in [1.82, 2.24) is 19.8 Å². The van der Waals surface area contributed by atoms with Gasteiger partial charge in [0.1, 0.15) is 11.5 Å². The number of piperazine rings is 1. The molecule has 0 spiro atoms. The smallest absolute Gasteiger partial charge is 0.353 e. The molecular formula is C26H27F3N6. The van der Waals surface area contributed by atoms with Gasteiger partial charge in [0.15, 0.2) is 0 Å². The molecule has 35 heavy (non-hydrogen) atoms. The molecule has 0 unspecified atom stereocenters. The Labute approximate surface area is 202 Å². The molecule has 2 saturated heterocycles. The molecule has 182 valence electrons. The minimum atomic E-state index is -4.46. The van der Waals surface area contributed by atoms with Crippen molar-refractivity contribution < 1.29 is 13.2 Å². The van der Waals surface area contributed by atoms with Gasteiger partial charge in [0.05, 0.1) is 17.1 Å². The molecule has 0 radical (unpaired) electrons. The average molecular weight is 481 g/mol. The number of pyridine rings is 2. The Morgan fingerprint density at radius 3 is 2.46 bits per heavy atom. The van der Waals surface area contributed by atoms with Gasteiger partial charge in [0, 0.05) is 50.3 Å². The zero-order chi connectivity index (χ0) is 24.4. The van der Waals surface area contributed by atoms with Crippen LogP contribution >= 0.6 is 0 Å². The summed E-state index contributed by atoms with van der Waals surface area (Å²) in [4.78, 5) is 15.4. The molecule has 9 heteroatoms. The number of hydrogen-bond acceptors (Lipinski definition) is 6. The van der Waals surface area contributed by atoms with Gasteiger partial charge in [-0.05, 0) is 61.8 Å². The molecule has 1 aromatic carbocycles. The summed E-state index contributed by atoms with van der Waals surface area (Å²) in [6.45, 7) is 6.30. The number of piperidine rings is 1. The predicted molar refractivity (Wildman–Crippen MR) is 128 cm³/mol. The maximum atomic E-state index is 13.0. The van der Waals surface area contributed by atoms with Crippen LogP contribution in [0.3, 0.4) is 0 Å². The van der Waals surface area contributed by atoms with E-state index in [0.29, 0.717) is 28.3 Å². The molecular weight excluding hydrogens is 453 g/mol. The van der Waals surface area contributed by atoms with E-state index in [1.165, 1.54) is 17.7 Å². The molecule has 0 N–H and O–H groups in total. The lowest BCUT2D eigenvalue weighted by atomic mass is 10.0. The third kappa shape index (κ3) is 5.24. The second-order valence-electron chi connectivity index (χ2n) is 9.24. The number of hydrogen-bond donors (Lipinski definition) is 0. The summed E-state index contributed by atoms with van der Waals surface area (Å²) >= 11 is 0. The van der Waals surface area contributed by atoms with Gasteiger partial charge in [-0.2, -0.15) is 18.4 Å². The Morgan fingerprint density at radius 2 is 1.74 bits per heavy atom. The van der Waals surface area contributed by atoms with E-state index in [9.17, 15) is 13.2 Å². The molecule has 0 saturated carbocycles. The predicted octanol–water partition coefficient (Wildman–Crippen LogP) is 4.31. The molecule has 0 aliphatic carbocycles. The molecule has 5 rings (SSSR count). The second-order valence-corrected chi connectivity index (χ2v) is 9.24. The molecule has 2 fully saturated rings. The first-order chi connectivity index (χ1) is 16.9. The van der Waals surface area contributed by atoms with Gasteiger partial charge in [-0.25, -0.2) is 9.97 Å². The highest BCUT2D eigenvalue weighted by Gasteiger charge is 2.33. The lowest BCUT2D eigenvalue weighted by Gasteiger charge is -2.43. The van der Waals surface area contributed by atoms with Crippen LogP contribution < -0.4 is 4.90 Å². The first-order valence-electron chi connectivity index (χ1n) is 11.9. The van der Waals surface area contributed by atoms with E-state index in [4.69, 9.17) is 5.26 Å². The summed E-state index contributed by atoms with van der Waals surface area (Å²) in [7, 11) is 0. The summed E-state index contributed by atoms with van der Waals surface area (Å²) in [6, 6.07) is 14.6. The van der Waals surface area contributed by atoms with E-state index in [0.717, 1.165) is 64.7 Å². The number of fused-ring (bicyclic) bond motifs is 1. The number of alkyl halides is 3. The number of aromatic nitrogens is 2. The first-order valence-corrected chi connectivity index (χ1v) is 11.9. The van der Waals surface area contributed by atoms with Gasteiger partial charge in [-0.3, -0.25) is 9.80 Å². The molecule has 2 aromatic heterocycles. The highest BCUT2D eigenvalue weighted by molar-refractivity contribution is 5.89. The van der Waals surface area contributed by atoms with Crippen molar-refractivity contribution in [3.05, 3.63) is 65.5 Å². The van der Waals surface area contributed by atoms with Crippen LogP contribution in [0.4, 0.5) is 19.0 Å². The fourth-order valence-electron chi connectivity index (χ4n) is 5.19. The highest BCUT2D eigenvalue weighted by Crippen LogP contribution is 2.31. The highest BCUT2D eigenvalue weighted by atomic mass is 19.4. The van der Waals surface area contributed by atoms with Crippen molar-refractivity contribution in [3.63, 3.8) is 0 Å². The quantitative estimate of drug-likeness (QED) is 0.555. The molecule has 0 bridgehead atoms. The molecule has 4 heterocycles. The zero-order valence-electron chi connectivity index (χ0n) is 19.4. The monoisotopic (exact) mass is 480 g/mol. The molecule has 0 atom stereocenters. The lowest BCUT2D eigenvalue weighted by molar-refractivity contribution is -0.140. The Kier molecular flexibility index (Phi) is 6.58. The van der Waals surface area contributed by atoms with E-state index < -0.39 is 11.9 Å². The van der Waals surface area contributed by atoms with Crippen LogP contribution in [0.15, 0.2) is 48.7 Å². The Hall–Kier alpha value is -3.22. The summed E-state index contributed by atoms with van der Waals surface area (Å²) in [6.07, 6.45) is -0.706. The molecule has 3 aromatic rings. The van der Waals surface area contributed by atoms with E-state index in [2.05, 4.69) is 36.8 Å². The number of nitrogens with zero attached hydrogens (tertiary/aromatic N) is 6. The normalized spacial score (nSPS) is 18.6. The Balaban J connectivity index is 1.17. The standard InChI is InChI=1S/C26H27F3N6/c27-26(28,29)24-5-4-22-23(32-24)6-9-31-25(22)35-14-12-34(13-15-35)21-7-10-33(11-8-21)18-20-3-1-2-19(16-20)17-30/h1-6,9,16,21H,7-8,10-15,18H2. The van der Waals surface area contributed by atoms with Crippen molar-refractivity contribution in [3.8, 4) is 6.07 Å². The summed E-state index contributed by atoms with van der Waals surface area (Å²) in [5.74, 6) is 0.706. The molecule has 6 nitrogen and oxygen atoms in total. The third-order valence-electron chi connectivity index (χ3n) is 7.03. The van der Waals surface area contributed by atoms with Crippen LogP contribution in [0, 0.1) is 11.3 Å². The van der Waals surface area contributed by atoms with Gasteiger partial charge in [0.25, 0.3) is 0 Å². The number of anilines is 1. The molecule has 0 amide bonds. The van der Waals surface area contributed by atoms with E-state index in [1.54, 1.807) is 6.20 Å². The Morgan fingerprint density at radius 1 is 0.971 bits per heavy atom. The molecule has 2 aliphatic heterocycles. The molecule has 2 aliphatic rings. The maximum Gasteiger partial charge on any atom is 0.433 e. The summed E-state index contributed by atoms with van der Waals surface area (Å²) in [5.41, 5.74) is 1.32. The number of likely N-dealkylation sites (tertiary alicyclic amines) is 1. The van der Waals surface area contributed by atoms with Gasteiger partial charge >= 0.3 is 6.18 Å². The largest absolute Gasteiger partial charge is 0.433 e. The second kappa shape index (κ2) is 9.80. The van der Waals surface area contributed by atoms with E-state index in [1.807, 2.05) is 18.2 Å². The van der Waals surface area contributed by atoms with Gasteiger partial charge in [0.2, 0.25) is 0 Å². The van der Waals surface area contributed by atoms with Crippen LogP contribution in [0.5, 0.6) is 0 Å². The van der Waals surface area contributed by atoms with E-state index >= 15 is 0 Å². The number of nitriles is 1. The fourth-order valence-corrected chi connectivity index (χ4v) is 5.19. The van der Waals surface area contributed by atoms with Crippen LogP contribution in [0.1, 0.15) is 29.7 Å². The van der Waals surface area contributed by atoms with E-state index in [-0.39, 0.29) is 0 Å². The Bertz CT molecular complexity index is 1220. The fraction of sp³-hybridized carbons (Fsp3) is 0.423. The number of halogens is 3. The summed E-state index contributed by atoms with van der Waals surface area (Å²) in [5, 5.41) is 9.77. The van der Waals surface area contributed by atoms with Crippen LogP contribution in [0.25, 0.3) is 10.9 Å². The van der Waals surface area contributed by atoms with Crippen molar-refractivity contribution >= 4 is 16.7 Å². The number of benzene rings is 1. The number of rotatable bonds is 4. The van der Waals surface area contributed by atoms with Crippen LogP contribution in [-0.2, 0) is 12.7 Å². The minimum absolute atomic E-state index is 0.319. The van der Waals surface area contributed by atoms with Crippen molar-refractivity contribution in [2.45, 2.75) is 31.6 Å². The van der Waals surface area contributed by atoms with Gasteiger partial charge in [-0.15, -0.1) is 0 Å². The average Bonchev–Trinajstić information content (AvgIpc) is 2.88. The topological polar surface area (TPSA) is 59.3 Å². The van der Waals surface area contributed by atoms with Crippen LogP contribution in [-0.4, -0.2) is 65.1 Å².